The molecule has 0 spiro atoms. The molecule has 0 aliphatic rings. The zero-order valence-electron chi connectivity index (χ0n) is 19.6. The lowest BCUT2D eigenvalue weighted by Crippen LogP contribution is -2.10. The number of anilines is 1. The van der Waals surface area contributed by atoms with E-state index in [0.29, 0.717) is 5.69 Å². The maximum Gasteiger partial charge on any atom is 0.271 e. The van der Waals surface area contributed by atoms with Crippen molar-refractivity contribution in [1.29, 1.82) is 0 Å². The minimum atomic E-state index is -3.81. The fourth-order valence-corrected chi connectivity index (χ4v) is 7.66. The fraction of sp³-hybridized carbons (Fsp3) is 0.0714. The van der Waals surface area contributed by atoms with Gasteiger partial charge in [0.25, 0.3) is 10.0 Å². The number of thiophene rings is 1. The highest BCUT2D eigenvalue weighted by atomic mass is 35.5. The van der Waals surface area contributed by atoms with Crippen LogP contribution in [0, 0.1) is 0 Å². The zero-order valence-corrected chi connectivity index (χ0v) is 22.8. The van der Waals surface area contributed by atoms with Gasteiger partial charge in [-0.1, -0.05) is 77.8 Å². The first-order valence-electron chi connectivity index (χ1n) is 11.5. The number of H-pyrrole nitrogens is 1. The minimum absolute atomic E-state index is 0.0630. The van der Waals surface area contributed by atoms with E-state index in [9.17, 15) is 8.42 Å². The molecule has 6 rings (SSSR count). The minimum Gasteiger partial charge on any atom is -0.359 e. The van der Waals surface area contributed by atoms with Gasteiger partial charge in [-0.25, -0.2) is 8.42 Å². The van der Waals surface area contributed by atoms with Crippen molar-refractivity contribution in [2.45, 2.75) is 10.6 Å². The molecule has 0 saturated carbocycles. The van der Waals surface area contributed by atoms with Crippen LogP contribution in [0.3, 0.4) is 0 Å². The second kappa shape index (κ2) is 9.26. The molecule has 3 heterocycles. The van der Waals surface area contributed by atoms with Gasteiger partial charge < -0.3 is 9.55 Å². The number of nitrogens with zero attached hydrogens (tertiary/aromatic N) is 1. The van der Waals surface area contributed by atoms with Gasteiger partial charge >= 0.3 is 0 Å². The third kappa shape index (κ3) is 4.53. The van der Waals surface area contributed by atoms with Crippen LogP contribution in [0.1, 0.15) is 11.1 Å². The average Bonchev–Trinajstić information content (AvgIpc) is 3.57. The van der Waals surface area contributed by atoms with Crippen molar-refractivity contribution in [3.8, 4) is 11.3 Å². The Morgan fingerprint density at radius 3 is 2.57 bits per heavy atom. The lowest BCUT2D eigenvalue weighted by molar-refractivity contribution is 0.603. The zero-order chi connectivity index (χ0) is 25.7. The molecule has 2 N–H and O–H groups in total. The van der Waals surface area contributed by atoms with Gasteiger partial charge in [0.15, 0.2) is 0 Å². The summed E-state index contributed by atoms with van der Waals surface area (Å²) in [5.41, 5.74) is 5.78. The standard InChI is InChI=1S/C28H21Cl2N3O2S2/c1-33-16-20(12-17-9-10-18-5-2-3-6-19(18)11-17)27-22(7-4-8-25(27)33)24-13-21(15-31-24)32-37(34,35)26-14-23(29)28(30)36-26/h2-11,13-16,31-32H,12H2,1H3. The van der Waals surface area contributed by atoms with Gasteiger partial charge in [-0.3, -0.25) is 4.72 Å². The number of fused-ring (bicyclic) bond motifs is 2. The van der Waals surface area contributed by atoms with Crippen molar-refractivity contribution in [3.63, 3.8) is 0 Å². The molecule has 5 nitrogen and oxygen atoms in total. The van der Waals surface area contributed by atoms with Crippen molar-refractivity contribution in [2.75, 3.05) is 4.72 Å². The molecule has 0 bridgehead atoms. The molecular formula is C28H21Cl2N3O2S2. The predicted molar refractivity (Wildman–Crippen MR) is 155 cm³/mol. The number of aromatic amines is 1. The molecular weight excluding hydrogens is 545 g/mol. The Labute approximate surface area is 228 Å². The Hall–Kier alpha value is -3.23. The highest BCUT2D eigenvalue weighted by Crippen LogP contribution is 2.37. The SMILES string of the molecule is Cn1cc(Cc2ccc3ccccc3c2)c2c(-c3cc(NS(=O)(=O)c4cc(Cl)c(Cl)s4)c[nH]3)cccc21. The Kier molecular flexibility index (Phi) is 6.04. The van der Waals surface area contributed by atoms with Crippen LogP contribution in [-0.2, 0) is 23.5 Å². The van der Waals surface area contributed by atoms with Gasteiger partial charge in [0.05, 0.1) is 10.7 Å². The second-order valence-corrected chi connectivity index (χ2v) is 12.9. The Morgan fingerprint density at radius 1 is 0.973 bits per heavy atom. The van der Waals surface area contributed by atoms with Gasteiger partial charge in [0.1, 0.15) is 8.55 Å². The van der Waals surface area contributed by atoms with Crippen molar-refractivity contribution in [1.82, 2.24) is 9.55 Å². The van der Waals surface area contributed by atoms with Crippen molar-refractivity contribution in [3.05, 3.63) is 106 Å². The summed E-state index contributed by atoms with van der Waals surface area (Å²) in [6, 6.07) is 24.2. The summed E-state index contributed by atoms with van der Waals surface area (Å²) in [5, 5.41) is 3.79. The molecule has 0 saturated heterocycles. The fourth-order valence-electron chi connectivity index (χ4n) is 4.74. The third-order valence-corrected chi connectivity index (χ3v) is 10.1. The first-order valence-corrected chi connectivity index (χ1v) is 14.5. The number of nitrogens with one attached hydrogen (secondary N) is 2. The number of halogens is 2. The average molecular weight is 567 g/mol. The van der Waals surface area contributed by atoms with E-state index in [1.165, 1.54) is 28.0 Å². The van der Waals surface area contributed by atoms with Crippen LogP contribution in [-0.4, -0.2) is 18.0 Å². The molecule has 0 atom stereocenters. The third-order valence-electron chi connectivity index (χ3n) is 6.41. The molecule has 3 aromatic heterocycles. The molecule has 6 aromatic rings. The Morgan fingerprint density at radius 2 is 1.78 bits per heavy atom. The second-order valence-electron chi connectivity index (χ2n) is 8.92. The molecule has 0 radical (unpaired) electrons. The molecule has 0 aliphatic heterocycles. The van der Waals surface area contributed by atoms with Crippen LogP contribution in [0.15, 0.2) is 89.4 Å². The van der Waals surface area contributed by atoms with E-state index < -0.39 is 10.0 Å². The normalized spacial score (nSPS) is 12.0. The molecule has 0 amide bonds. The van der Waals surface area contributed by atoms with Crippen molar-refractivity contribution < 1.29 is 8.42 Å². The molecule has 186 valence electrons. The summed E-state index contributed by atoms with van der Waals surface area (Å²) in [4.78, 5) is 3.24. The van der Waals surface area contributed by atoms with Crippen LogP contribution < -0.4 is 4.72 Å². The van der Waals surface area contributed by atoms with Gasteiger partial charge in [0, 0.05) is 41.6 Å². The van der Waals surface area contributed by atoms with Crippen LogP contribution >= 0.6 is 34.5 Å². The number of benzene rings is 3. The Balaban J connectivity index is 1.36. The van der Waals surface area contributed by atoms with Gasteiger partial charge in [-0.05, 0) is 46.5 Å². The van der Waals surface area contributed by atoms with Crippen LogP contribution in [0.4, 0.5) is 5.69 Å². The summed E-state index contributed by atoms with van der Waals surface area (Å²) < 4.78 is 30.7. The molecule has 37 heavy (non-hydrogen) atoms. The maximum atomic E-state index is 12.8. The Bertz CT molecular complexity index is 1880. The topological polar surface area (TPSA) is 66.9 Å². The lowest BCUT2D eigenvalue weighted by Gasteiger charge is -2.07. The maximum absolute atomic E-state index is 12.8. The van der Waals surface area contributed by atoms with E-state index in [1.807, 2.05) is 13.1 Å². The molecule has 0 fully saturated rings. The molecule has 3 aromatic carbocycles. The smallest absolute Gasteiger partial charge is 0.271 e. The molecule has 0 unspecified atom stereocenters. The van der Waals surface area contributed by atoms with Crippen LogP contribution in [0.2, 0.25) is 9.36 Å². The number of sulfonamides is 1. The predicted octanol–water partition coefficient (Wildman–Crippen LogP) is 8.09. The summed E-state index contributed by atoms with van der Waals surface area (Å²) >= 11 is 12.8. The number of hydrogen-bond acceptors (Lipinski definition) is 3. The van der Waals surface area contributed by atoms with Gasteiger partial charge in [-0.15, -0.1) is 11.3 Å². The highest BCUT2D eigenvalue weighted by molar-refractivity contribution is 7.94. The van der Waals surface area contributed by atoms with E-state index in [0.717, 1.165) is 39.9 Å². The largest absolute Gasteiger partial charge is 0.359 e. The highest BCUT2D eigenvalue weighted by Gasteiger charge is 2.21. The first-order chi connectivity index (χ1) is 17.8. The van der Waals surface area contributed by atoms with E-state index in [2.05, 4.69) is 75.1 Å². The summed E-state index contributed by atoms with van der Waals surface area (Å²) in [7, 11) is -1.77. The van der Waals surface area contributed by atoms with E-state index in [1.54, 1.807) is 12.3 Å². The molecule has 9 heteroatoms. The van der Waals surface area contributed by atoms with E-state index in [4.69, 9.17) is 23.2 Å². The molecule has 0 aliphatic carbocycles. The van der Waals surface area contributed by atoms with Crippen molar-refractivity contribution in [2.24, 2.45) is 7.05 Å². The lowest BCUT2D eigenvalue weighted by atomic mass is 9.97. The summed E-state index contributed by atoms with van der Waals surface area (Å²) in [5.74, 6) is 0. The summed E-state index contributed by atoms with van der Waals surface area (Å²) in [6.45, 7) is 0. The number of hydrogen-bond donors (Lipinski definition) is 2. The number of aromatic nitrogens is 2. The van der Waals surface area contributed by atoms with Crippen LogP contribution in [0.25, 0.3) is 32.9 Å². The number of aryl methyl sites for hydroxylation is 1. The van der Waals surface area contributed by atoms with E-state index >= 15 is 0 Å². The first kappa shape index (κ1) is 24.1. The van der Waals surface area contributed by atoms with E-state index in [-0.39, 0.29) is 13.6 Å². The van der Waals surface area contributed by atoms with Crippen LogP contribution in [0.5, 0.6) is 0 Å². The number of rotatable bonds is 6. The van der Waals surface area contributed by atoms with Gasteiger partial charge in [-0.2, -0.15) is 0 Å². The monoisotopic (exact) mass is 565 g/mol. The quantitative estimate of drug-likeness (QED) is 0.214. The van der Waals surface area contributed by atoms with Crippen molar-refractivity contribution >= 4 is 71.9 Å². The van der Waals surface area contributed by atoms with Gasteiger partial charge in [0.2, 0.25) is 0 Å². The summed E-state index contributed by atoms with van der Waals surface area (Å²) in [6.07, 6.45) is 4.59.